The Hall–Kier alpha value is -1.81. The highest BCUT2D eigenvalue weighted by Crippen LogP contribution is 2.19. The second-order valence-corrected chi connectivity index (χ2v) is 8.74. The van der Waals surface area contributed by atoms with Crippen molar-refractivity contribution in [3.05, 3.63) is 0 Å². The standard InChI is InChI=1S/C20H36N4O5S/c1-5-12(4)16(23-17(25)13(21)9-11(2)3)18(26)22-14(10-30)19(27)24-8-6-7-15(24)20(28)29/h11-16,30H,5-10,21H2,1-4H3,(H,22,26)(H,23,25)(H,28,29). The van der Waals surface area contributed by atoms with E-state index in [1.54, 1.807) is 0 Å². The van der Waals surface area contributed by atoms with E-state index >= 15 is 0 Å². The molecule has 3 amide bonds. The van der Waals surface area contributed by atoms with Gasteiger partial charge >= 0.3 is 5.97 Å². The van der Waals surface area contributed by atoms with Crippen molar-refractivity contribution >= 4 is 36.3 Å². The second kappa shape index (κ2) is 12.1. The topological polar surface area (TPSA) is 142 Å². The van der Waals surface area contributed by atoms with Crippen LogP contribution in [0.2, 0.25) is 0 Å². The van der Waals surface area contributed by atoms with Crippen LogP contribution < -0.4 is 16.4 Å². The zero-order valence-corrected chi connectivity index (χ0v) is 19.2. The van der Waals surface area contributed by atoms with Crippen LogP contribution in [-0.2, 0) is 19.2 Å². The Morgan fingerprint density at radius 1 is 1.17 bits per heavy atom. The number of amides is 3. The molecule has 0 aromatic carbocycles. The van der Waals surface area contributed by atoms with E-state index in [2.05, 4.69) is 23.3 Å². The number of carboxylic acids is 1. The van der Waals surface area contributed by atoms with Gasteiger partial charge in [-0.1, -0.05) is 34.1 Å². The Bertz CT molecular complexity index is 630. The lowest BCUT2D eigenvalue weighted by Crippen LogP contribution is -2.59. The van der Waals surface area contributed by atoms with E-state index in [1.807, 2.05) is 27.7 Å². The normalized spacial score (nSPS) is 20.4. The Balaban J connectivity index is 2.89. The number of nitrogens with zero attached hydrogens (tertiary/aromatic N) is 1. The fourth-order valence-electron chi connectivity index (χ4n) is 3.51. The maximum absolute atomic E-state index is 12.9. The van der Waals surface area contributed by atoms with Crippen molar-refractivity contribution in [1.29, 1.82) is 0 Å². The summed E-state index contributed by atoms with van der Waals surface area (Å²) in [5, 5.41) is 14.7. The molecule has 10 heteroatoms. The number of hydrogen-bond acceptors (Lipinski definition) is 6. The highest BCUT2D eigenvalue weighted by molar-refractivity contribution is 7.80. The van der Waals surface area contributed by atoms with Crippen molar-refractivity contribution in [2.75, 3.05) is 12.3 Å². The molecule has 0 saturated carbocycles. The molecule has 9 nitrogen and oxygen atoms in total. The number of thiol groups is 1. The molecule has 30 heavy (non-hydrogen) atoms. The number of likely N-dealkylation sites (tertiary alicyclic amines) is 1. The van der Waals surface area contributed by atoms with Crippen LogP contribution in [0.4, 0.5) is 0 Å². The first kappa shape index (κ1) is 26.2. The maximum atomic E-state index is 12.9. The third kappa shape index (κ3) is 7.16. The van der Waals surface area contributed by atoms with Crippen LogP contribution in [0.1, 0.15) is 53.4 Å². The first-order valence-electron chi connectivity index (χ1n) is 10.5. The largest absolute Gasteiger partial charge is 0.480 e. The van der Waals surface area contributed by atoms with Gasteiger partial charge in [0.2, 0.25) is 17.7 Å². The molecule has 5 unspecified atom stereocenters. The predicted molar refractivity (Wildman–Crippen MR) is 117 cm³/mol. The maximum Gasteiger partial charge on any atom is 0.326 e. The van der Waals surface area contributed by atoms with Gasteiger partial charge in [0, 0.05) is 12.3 Å². The van der Waals surface area contributed by atoms with Gasteiger partial charge in [0.05, 0.1) is 6.04 Å². The molecule has 0 aromatic rings. The quantitative estimate of drug-likeness (QED) is 0.292. The average Bonchev–Trinajstić information content (AvgIpc) is 3.18. The molecule has 0 spiro atoms. The summed E-state index contributed by atoms with van der Waals surface area (Å²) in [6.45, 7) is 7.96. The van der Waals surface area contributed by atoms with Crippen LogP contribution in [0.3, 0.4) is 0 Å². The molecule has 1 aliphatic heterocycles. The predicted octanol–water partition coefficient (Wildman–Crippen LogP) is 0.381. The fourth-order valence-corrected chi connectivity index (χ4v) is 3.76. The van der Waals surface area contributed by atoms with Crippen LogP contribution in [0.15, 0.2) is 0 Å². The first-order valence-corrected chi connectivity index (χ1v) is 11.2. The molecular weight excluding hydrogens is 408 g/mol. The van der Waals surface area contributed by atoms with Crippen molar-refractivity contribution in [1.82, 2.24) is 15.5 Å². The van der Waals surface area contributed by atoms with E-state index in [-0.39, 0.29) is 17.6 Å². The SMILES string of the molecule is CCC(C)C(NC(=O)C(N)CC(C)C)C(=O)NC(CS)C(=O)N1CCCC1C(=O)O. The lowest BCUT2D eigenvalue weighted by atomic mass is 9.96. The van der Waals surface area contributed by atoms with E-state index < -0.39 is 47.9 Å². The molecule has 1 rings (SSSR count). The first-order chi connectivity index (χ1) is 14.0. The van der Waals surface area contributed by atoms with Crippen molar-refractivity contribution < 1.29 is 24.3 Å². The summed E-state index contributed by atoms with van der Waals surface area (Å²) in [6.07, 6.45) is 2.09. The van der Waals surface area contributed by atoms with Gasteiger partial charge < -0.3 is 26.4 Å². The molecule has 172 valence electrons. The van der Waals surface area contributed by atoms with E-state index in [9.17, 15) is 24.3 Å². The monoisotopic (exact) mass is 444 g/mol. The number of aliphatic carboxylic acids is 1. The second-order valence-electron chi connectivity index (χ2n) is 8.38. The van der Waals surface area contributed by atoms with Crippen LogP contribution >= 0.6 is 12.6 Å². The minimum Gasteiger partial charge on any atom is -0.480 e. The van der Waals surface area contributed by atoms with Crippen LogP contribution in [-0.4, -0.2) is 70.2 Å². The Labute approximate surface area is 183 Å². The third-order valence-corrected chi connectivity index (χ3v) is 5.84. The van der Waals surface area contributed by atoms with E-state index in [0.717, 1.165) is 0 Å². The Kier molecular flexibility index (Phi) is 10.6. The van der Waals surface area contributed by atoms with Crippen molar-refractivity contribution in [2.45, 2.75) is 77.5 Å². The van der Waals surface area contributed by atoms with E-state index in [0.29, 0.717) is 32.2 Å². The molecule has 0 aromatic heterocycles. The van der Waals surface area contributed by atoms with E-state index in [1.165, 1.54) is 4.90 Å². The Morgan fingerprint density at radius 2 is 1.80 bits per heavy atom. The number of nitrogens with two attached hydrogens (primary N) is 1. The molecule has 1 saturated heterocycles. The molecular formula is C20H36N4O5S. The zero-order chi connectivity index (χ0) is 23.0. The van der Waals surface area contributed by atoms with Gasteiger partial charge in [-0.15, -0.1) is 0 Å². The molecule has 0 aliphatic carbocycles. The summed E-state index contributed by atoms with van der Waals surface area (Å²) < 4.78 is 0. The highest BCUT2D eigenvalue weighted by atomic mass is 32.1. The average molecular weight is 445 g/mol. The lowest BCUT2D eigenvalue weighted by molar-refractivity contribution is -0.149. The Morgan fingerprint density at radius 3 is 2.30 bits per heavy atom. The molecule has 5 N–H and O–H groups in total. The molecule has 1 aliphatic rings. The van der Waals surface area contributed by atoms with Crippen molar-refractivity contribution in [2.24, 2.45) is 17.6 Å². The summed E-state index contributed by atoms with van der Waals surface area (Å²) in [7, 11) is 0. The van der Waals surface area contributed by atoms with Gasteiger partial charge in [-0.25, -0.2) is 4.79 Å². The summed E-state index contributed by atoms with van der Waals surface area (Å²) in [5.41, 5.74) is 5.94. The van der Waals surface area contributed by atoms with Gasteiger partial charge in [-0.05, 0) is 31.1 Å². The van der Waals surface area contributed by atoms with E-state index in [4.69, 9.17) is 5.73 Å². The molecule has 0 bridgehead atoms. The summed E-state index contributed by atoms with van der Waals surface area (Å²) in [6, 6.07) is -3.46. The third-order valence-electron chi connectivity index (χ3n) is 5.47. The van der Waals surface area contributed by atoms with Crippen LogP contribution in [0.25, 0.3) is 0 Å². The number of carbonyl (C=O) groups excluding carboxylic acids is 3. The van der Waals surface area contributed by atoms with Gasteiger partial charge in [0.1, 0.15) is 18.1 Å². The molecule has 1 heterocycles. The highest BCUT2D eigenvalue weighted by Gasteiger charge is 2.38. The minimum atomic E-state index is -1.06. The smallest absolute Gasteiger partial charge is 0.326 e. The van der Waals surface area contributed by atoms with Gasteiger partial charge in [0.25, 0.3) is 0 Å². The van der Waals surface area contributed by atoms with Gasteiger partial charge in [-0.2, -0.15) is 12.6 Å². The number of carboxylic acid groups (broad SMARTS) is 1. The van der Waals surface area contributed by atoms with Gasteiger partial charge in [-0.3, -0.25) is 14.4 Å². The fraction of sp³-hybridized carbons (Fsp3) is 0.800. The number of rotatable bonds is 11. The zero-order valence-electron chi connectivity index (χ0n) is 18.3. The van der Waals surface area contributed by atoms with Crippen LogP contribution in [0.5, 0.6) is 0 Å². The summed E-state index contributed by atoms with van der Waals surface area (Å²) >= 11 is 4.17. The lowest BCUT2D eigenvalue weighted by Gasteiger charge is -2.30. The molecule has 1 fully saturated rings. The van der Waals surface area contributed by atoms with Crippen LogP contribution in [0, 0.1) is 11.8 Å². The minimum absolute atomic E-state index is 0.0153. The summed E-state index contributed by atoms with van der Waals surface area (Å²) in [5.74, 6) is -2.40. The number of nitrogens with one attached hydrogen (secondary N) is 2. The van der Waals surface area contributed by atoms with Gasteiger partial charge in [0.15, 0.2) is 0 Å². The number of carbonyl (C=O) groups is 4. The molecule has 0 radical (unpaired) electrons. The van der Waals surface area contributed by atoms with Crippen molar-refractivity contribution in [3.63, 3.8) is 0 Å². The number of hydrogen-bond donors (Lipinski definition) is 5. The summed E-state index contributed by atoms with van der Waals surface area (Å²) in [4.78, 5) is 50.9. The molecule has 5 atom stereocenters. The van der Waals surface area contributed by atoms with Crippen molar-refractivity contribution in [3.8, 4) is 0 Å².